The van der Waals surface area contributed by atoms with Crippen LogP contribution in [0.25, 0.3) is 0 Å². The van der Waals surface area contributed by atoms with Crippen LogP contribution >= 0.6 is 11.6 Å². The van der Waals surface area contributed by atoms with Crippen LogP contribution in [-0.4, -0.2) is 20.2 Å². The van der Waals surface area contributed by atoms with E-state index in [1.54, 1.807) is 6.07 Å². The quantitative estimate of drug-likeness (QED) is 0.899. The fraction of sp³-hybridized carbons (Fsp3) is 0.538. The second-order valence-electron chi connectivity index (χ2n) is 4.50. The Morgan fingerprint density at radius 3 is 3.00 bits per heavy atom. The minimum atomic E-state index is -0.376. The molecule has 1 heterocycles. The van der Waals surface area contributed by atoms with Gasteiger partial charge >= 0.3 is 0 Å². The van der Waals surface area contributed by atoms with Gasteiger partial charge in [0.15, 0.2) is 11.6 Å². The summed E-state index contributed by atoms with van der Waals surface area (Å²) >= 11 is 5.89. The Morgan fingerprint density at radius 1 is 1.53 bits per heavy atom. The lowest BCUT2D eigenvalue weighted by atomic mass is 9.92. The van der Waals surface area contributed by atoms with Crippen molar-refractivity contribution < 1.29 is 9.13 Å². The molecule has 0 radical (unpaired) electrons. The van der Waals surface area contributed by atoms with Gasteiger partial charge in [-0.1, -0.05) is 11.6 Å². The molecular weight excluding hydrogens is 241 g/mol. The molecule has 1 fully saturated rings. The van der Waals surface area contributed by atoms with Crippen molar-refractivity contribution >= 4 is 11.6 Å². The Kier molecular flexibility index (Phi) is 4.24. The van der Waals surface area contributed by atoms with Gasteiger partial charge in [0, 0.05) is 5.02 Å². The van der Waals surface area contributed by atoms with Crippen LogP contribution in [0.3, 0.4) is 0 Å². The molecule has 0 aliphatic carbocycles. The molecular formula is C13H17ClFNO. The van der Waals surface area contributed by atoms with Crippen molar-refractivity contribution in [1.82, 2.24) is 5.32 Å². The summed E-state index contributed by atoms with van der Waals surface area (Å²) in [4.78, 5) is 0. The van der Waals surface area contributed by atoms with E-state index in [1.165, 1.54) is 26.0 Å². The summed E-state index contributed by atoms with van der Waals surface area (Å²) in [6.07, 6.45) is 3.16. The molecule has 4 heteroatoms. The molecule has 1 aliphatic rings. The average molecular weight is 258 g/mol. The van der Waals surface area contributed by atoms with Crippen LogP contribution in [-0.2, 0) is 6.42 Å². The zero-order valence-corrected chi connectivity index (χ0v) is 10.7. The van der Waals surface area contributed by atoms with E-state index in [1.807, 2.05) is 0 Å². The second-order valence-corrected chi connectivity index (χ2v) is 4.93. The molecule has 1 aromatic rings. The van der Waals surface area contributed by atoms with E-state index < -0.39 is 0 Å². The largest absolute Gasteiger partial charge is 0.493 e. The number of methoxy groups -OCH3 is 1. The highest BCUT2D eigenvalue weighted by molar-refractivity contribution is 6.30. The topological polar surface area (TPSA) is 21.3 Å². The van der Waals surface area contributed by atoms with E-state index >= 15 is 0 Å². The lowest BCUT2D eigenvalue weighted by Gasteiger charge is -2.23. The predicted molar refractivity (Wildman–Crippen MR) is 67.3 cm³/mol. The second kappa shape index (κ2) is 5.69. The summed E-state index contributed by atoms with van der Waals surface area (Å²) in [5.41, 5.74) is 0.867. The Bertz CT molecular complexity index is 391. The van der Waals surface area contributed by atoms with Crippen LogP contribution in [0.1, 0.15) is 18.4 Å². The molecule has 0 aromatic heterocycles. The summed E-state index contributed by atoms with van der Waals surface area (Å²) in [6, 6.07) is 3.10. The highest BCUT2D eigenvalue weighted by Gasteiger charge is 2.18. The maximum atomic E-state index is 13.6. The zero-order valence-electron chi connectivity index (χ0n) is 9.93. The van der Waals surface area contributed by atoms with Crippen molar-refractivity contribution in [2.24, 2.45) is 5.92 Å². The normalized spacial score (nSPS) is 20.3. The first kappa shape index (κ1) is 12.7. The highest BCUT2D eigenvalue weighted by Crippen LogP contribution is 2.30. The van der Waals surface area contributed by atoms with Crippen LogP contribution in [0.2, 0.25) is 5.02 Å². The van der Waals surface area contributed by atoms with Crippen LogP contribution in [0, 0.1) is 11.7 Å². The summed E-state index contributed by atoms with van der Waals surface area (Å²) in [5, 5.41) is 3.79. The van der Waals surface area contributed by atoms with Gasteiger partial charge in [0.05, 0.1) is 7.11 Å². The summed E-state index contributed by atoms with van der Waals surface area (Å²) < 4.78 is 18.8. The Balaban J connectivity index is 2.18. The molecule has 0 saturated carbocycles. The number of hydrogen-bond donors (Lipinski definition) is 1. The van der Waals surface area contributed by atoms with Gasteiger partial charge in [0.25, 0.3) is 0 Å². The SMILES string of the molecule is COc1c(F)cc(Cl)cc1CC1CCCNC1. The molecule has 1 saturated heterocycles. The van der Waals surface area contributed by atoms with Crippen LogP contribution in [0.5, 0.6) is 5.75 Å². The fourth-order valence-corrected chi connectivity index (χ4v) is 2.63. The van der Waals surface area contributed by atoms with Crippen molar-refractivity contribution in [3.63, 3.8) is 0 Å². The van der Waals surface area contributed by atoms with Gasteiger partial charge in [-0.25, -0.2) is 4.39 Å². The lowest BCUT2D eigenvalue weighted by molar-refractivity contribution is 0.354. The van der Waals surface area contributed by atoms with Crippen molar-refractivity contribution in [3.8, 4) is 5.75 Å². The van der Waals surface area contributed by atoms with Gasteiger partial charge in [-0.05, 0) is 56.0 Å². The summed E-state index contributed by atoms with van der Waals surface area (Å²) in [7, 11) is 1.49. The number of rotatable bonds is 3. The fourth-order valence-electron chi connectivity index (χ4n) is 2.40. The molecule has 1 aliphatic heterocycles. The van der Waals surface area contributed by atoms with Gasteiger partial charge in [-0.2, -0.15) is 0 Å². The first-order valence-electron chi connectivity index (χ1n) is 5.93. The van der Waals surface area contributed by atoms with Gasteiger partial charge in [-0.15, -0.1) is 0 Å². The molecule has 0 spiro atoms. The molecule has 0 amide bonds. The van der Waals surface area contributed by atoms with Crippen LogP contribution < -0.4 is 10.1 Å². The maximum absolute atomic E-state index is 13.6. The Labute approximate surface area is 106 Å². The van der Waals surface area contributed by atoms with Crippen molar-refractivity contribution in [3.05, 3.63) is 28.5 Å². The van der Waals surface area contributed by atoms with Crippen LogP contribution in [0.4, 0.5) is 4.39 Å². The molecule has 2 rings (SSSR count). The molecule has 2 nitrogen and oxygen atoms in total. The number of hydrogen-bond acceptors (Lipinski definition) is 2. The third-order valence-corrected chi connectivity index (χ3v) is 3.42. The first-order chi connectivity index (χ1) is 8.20. The van der Waals surface area contributed by atoms with E-state index in [9.17, 15) is 4.39 Å². The van der Waals surface area contributed by atoms with Gasteiger partial charge in [-0.3, -0.25) is 0 Å². The number of benzene rings is 1. The molecule has 1 aromatic carbocycles. The van der Waals surface area contributed by atoms with E-state index in [-0.39, 0.29) is 5.82 Å². The van der Waals surface area contributed by atoms with E-state index in [4.69, 9.17) is 16.3 Å². The summed E-state index contributed by atoms with van der Waals surface area (Å²) in [6.45, 7) is 2.06. The van der Waals surface area contributed by atoms with E-state index in [2.05, 4.69) is 5.32 Å². The Morgan fingerprint density at radius 2 is 2.35 bits per heavy atom. The van der Waals surface area contributed by atoms with E-state index in [0.29, 0.717) is 16.7 Å². The lowest BCUT2D eigenvalue weighted by Crippen LogP contribution is -2.30. The average Bonchev–Trinajstić information content (AvgIpc) is 2.30. The minimum absolute atomic E-state index is 0.333. The van der Waals surface area contributed by atoms with E-state index in [0.717, 1.165) is 25.1 Å². The molecule has 94 valence electrons. The monoisotopic (exact) mass is 257 g/mol. The van der Waals surface area contributed by atoms with Gasteiger partial charge < -0.3 is 10.1 Å². The predicted octanol–water partition coefficient (Wildman–Crippen LogP) is 3.03. The van der Waals surface area contributed by atoms with Crippen LogP contribution in [0.15, 0.2) is 12.1 Å². The third-order valence-electron chi connectivity index (χ3n) is 3.20. The standard InChI is InChI=1S/C13H17ClFNO/c1-17-13-10(6-11(14)7-12(13)15)5-9-3-2-4-16-8-9/h6-7,9,16H,2-5,8H2,1H3. The number of halogens is 2. The first-order valence-corrected chi connectivity index (χ1v) is 6.31. The van der Waals surface area contributed by atoms with Crippen molar-refractivity contribution in [2.75, 3.05) is 20.2 Å². The van der Waals surface area contributed by atoms with Crippen molar-refractivity contribution in [2.45, 2.75) is 19.3 Å². The number of piperidine rings is 1. The third kappa shape index (κ3) is 3.11. The number of nitrogens with one attached hydrogen (secondary N) is 1. The zero-order chi connectivity index (χ0) is 12.3. The number of ether oxygens (including phenoxy) is 1. The molecule has 1 unspecified atom stereocenters. The molecule has 0 bridgehead atoms. The van der Waals surface area contributed by atoms with Crippen molar-refractivity contribution in [1.29, 1.82) is 0 Å². The molecule has 1 N–H and O–H groups in total. The maximum Gasteiger partial charge on any atom is 0.166 e. The Hall–Kier alpha value is -0.800. The molecule has 17 heavy (non-hydrogen) atoms. The summed E-state index contributed by atoms with van der Waals surface area (Å²) in [5.74, 6) is 0.495. The van der Waals surface area contributed by atoms with Gasteiger partial charge in [0.1, 0.15) is 0 Å². The highest BCUT2D eigenvalue weighted by atomic mass is 35.5. The van der Waals surface area contributed by atoms with Gasteiger partial charge in [0.2, 0.25) is 0 Å². The minimum Gasteiger partial charge on any atom is -0.493 e. The smallest absolute Gasteiger partial charge is 0.166 e. The molecule has 1 atom stereocenters.